The Kier molecular flexibility index (Phi) is 4.11. The molecule has 7 heteroatoms. The van der Waals surface area contributed by atoms with Gasteiger partial charge in [-0.3, -0.25) is 0 Å². The molecule has 0 saturated heterocycles. The first-order valence-electron chi connectivity index (χ1n) is 5.59. The quantitative estimate of drug-likeness (QED) is 0.910. The number of halogens is 1. The minimum absolute atomic E-state index is 0.469. The second-order valence-electron chi connectivity index (χ2n) is 3.84. The van der Waals surface area contributed by atoms with Crippen molar-refractivity contribution in [3.05, 3.63) is 28.5 Å². The van der Waals surface area contributed by atoms with E-state index in [1.807, 2.05) is 6.92 Å². The molecule has 0 atom stereocenters. The lowest BCUT2D eigenvalue weighted by atomic mass is 10.2. The first kappa shape index (κ1) is 13.5. The van der Waals surface area contributed by atoms with Crippen LogP contribution in [-0.4, -0.2) is 24.5 Å². The second kappa shape index (κ2) is 5.79. The molecular formula is C12H14ClN3O3. The van der Waals surface area contributed by atoms with Gasteiger partial charge >= 0.3 is 0 Å². The van der Waals surface area contributed by atoms with Crippen molar-refractivity contribution in [1.82, 2.24) is 10.3 Å². The normalized spacial score (nSPS) is 10.3. The van der Waals surface area contributed by atoms with Crippen LogP contribution in [0.1, 0.15) is 11.4 Å². The first-order valence-corrected chi connectivity index (χ1v) is 5.97. The SMILES string of the molecule is COc1cc(NCc2nonc2C)c(OC)cc1Cl. The second-order valence-corrected chi connectivity index (χ2v) is 4.24. The van der Waals surface area contributed by atoms with E-state index < -0.39 is 0 Å². The first-order chi connectivity index (χ1) is 9.15. The van der Waals surface area contributed by atoms with Gasteiger partial charge in [-0.2, -0.15) is 0 Å². The van der Waals surface area contributed by atoms with Crippen LogP contribution >= 0.6 is 11.6 Å². The van der Waals surface area contributed by atoms with E-state index in [1.54, 1.807) is 26.4 Å². The van der Waals surface area contributed by atoms with Crippen molar-refractivity contribution >= 4 is 17.3 Å². The highest BCUT2D eigenvalue weighted by atomic mass is 35.5. The van der Waals surface area contributed by atoms with Crippen LogP contribution in [0.15, 0.2) is 16.8 Å². The van der Waals surface area contributed by atoms with Crippen molar-refractivity contribution in [1.29, 1.82) is 0 Å². The molecule has 6 nitrogen and oxygen atoms in total. The molecule has 0 unspecified atom stereocenters. The number of hydrogen-bond acceptors (Lipinski definition) is 6. The summed E-state index contributed by atoms with van der Waals surface area (Å²) < 4.78 is 15.1. The van der Waals surface area contributed by atoms with Gasteiger partial charge in [0, 0.05) is 12.1 Å². The van der Waals surface area contributed by atoms with Gasteiger partial charge in [0.2, 0.25) is 0 Å². The number of aryl methyl sites for hydroxylation is 1. The van der Waals surface area contributed by atoms with Crippen molar-refractivity contribution in [2.45, 2.75) is 13.5 Å². The lowest BCUT2D eigenvalue weighted by molar-refractivity contribution is 0.301. The van der Waals surface area contributed by atoms with Crippen LogP contribution in [0.4, 0.5) is 5.69 Å². The summed E-state index contributed by atoms with van der Waals surface area (Å²) >= 11 is 6.04. The van der Waals surface area contributed by atoms with Gasteiger partial charge < -0.3 is 14.8 Å². The number of aromatic nitrogens is 2. The van der Waals surface area contributed by atoms with Crippen molar-refractivity contribution < 1.29 is 14.1 Å². The van der Waals surface area contributed by atoms with Crippen molar-refractivity contribution in [2.24, 2.45) is 0 Å². The van der Waals surface area contributed by atoms with Gasteiger partial charge in [-0.25, -0.2) is 4.63 Å². The number of ether oxygens (including phenoxy) is 2. The maximum absolute atomic E-state index is 6.04. The monoisotopic (exact) mass is 283 g/mol. The number of rotatable bonds is 5. The van der Waals surface area contributed by atoms with Crippen molar-refractivity contribution in [3.8, 4) is 11.5 Å². The lowest BCUT2D eigenvalue weighted by Crippen LogP contribution is -2.03. The van der Waals surface area contributed by atoms with Crippen molar-refractivity contribution in [2.75, 3.05) is 19.5 Å². The summed E-state index contributed by atoms with van der Waals surface area (Å²) in [5.41, 5.74) is 2.23. The molecule has 0 aliphatic heterocycles. The number of anilines is 1. The molecule has 0 saturated carbocycles. The predicted octanol–water partition coefficient (Wildman–Crippen LogP) is 2.66. The zero-order valence-electron chi connectivity index (χ0n) is 10.9. The molecule has 1 N–H and O–H groups in total. The summed E-state index contributed by atoms with van der Waals surface area (Å²) in [5.74, 6) is 1.19. The Hall–Kier alpha value is -1.95. The van der Waals surface area contributed by atoms with Crippen LogP contribution in [0, 0.1) is 6.92 Å². The molecule has 0 aliphatic carbocycles. The lowest BCUT2D eigenvalue weighted by Gasteiger charge is -2.13. The van der Waals surface area contributed by atoms with E-state index in [0.717, 1.165) is 17.1 Å². The maximum atomic E-state index is 6.04. The van der Waals surface area contributed by atoms with E-state index in [4.69, 9.17) is 21.1 Å². The van der Waals surface area contributed by atoms with E-state index >= 15 is 0 Å². The third-order valence-corrected chi connectivity index (χ3v) is 2.96. The molecule has 0 fully saturated rings. The Morgan fingerprint density at radius 1 is 1.21 bits per heavy atom. The largest absolute Gasteiger partial charge is 0.495 e. The van der Waals surface area contributed by atoms with Crippen molar-refractivity contribution in [3.63, 3.8) is 0 Å². The predicted molar refractivity (Wildman–Crippen MR) is 70.9 cm³/mol. The van der Waals surface area contributed by atoms with E-state index in [-0.39, 0.29) is 0 Å². The van der Waals surface area contributed by atoms with Gasteiger partial charge in [0.1, 0.15) is 22.9 Å². The molecule has 1 aromatic carbocycles. The fourth-order valence-electron chi connectivity index (χ4n) is 1.59. The Bertz CT molecular complexity index is 571. The highest BCUT2D eigenvalue weighted by Gasteiger charge is 2.11. The van der Waals surface area contributed by atoms with Gasteiger partial charge in [0.05, 0.1) is 31.5 Å². The standard InChI is InChI=1S/C12H14ClN3O3/c1-7-10(16-19-15-7)6-14-9-5-11(17-2)8(13)4-12(9)18-3/h4-5,14H,6H2,1-3H3. The Morgan fingerprint density at radius 2 is 1.95 bits per heavy atom. The number of benzene rings is 1. The summed E-state index contributed by atoms with van der Waals surface area (Å²) in [6.07, 6.45) is 0. The Morgan fingerprint density at radius 3 is 2.53 bits per heavy atom. The number of nitrogens with zero attached hydrogens (tertiary/aromatic N) is 2. The van der Waals surface area contributed by atoms with Crippen LogP contribution in [0.5, 0.6) is 11.5 Å². The Labute approximate surface area is 115 Å². The molecule has 2 rings (SSSR count). The highest BCUT2D eigenvalue weighted by molar-refractivity contribution is 6.32. The van der Waals surface area contributed by atoms with E-state index in [9.17, 15) is 0 Å². The summed E-state index contributed by atoms with van der Waals surface area (Å²) in [6.45, 7) is 2.30. The topological polar surface area (TPSA) is 69.4 Å². The third-order valence-electron chi connectivity index (χ3n) is 2.67. The van der Waals surface area contributed by atoms with E-state index in [0.29, 0.717) is 23.1 Å². The van der Waals surface area contributed by atoms with Gasteiger partial charge in [-0.05, 0) is 6.92 Å². The summed E-state index contributed by atoms with van der Waals surface area (Å²) in [7, 11) is 3.13. The third kappa shape index (κ3) is 2.90. The van der Waals surface area contributed by atoms with E-state index in [1.165, 1.54) is 0 Å². The fourth-order valence-corrected chi connectivity index (χ4v) is 1.82. The number of nitrogens with one attached hydrogen (secondary N) is 1. The summed E-state index contributed by atoms with van der Waals surface area (Å²) in [6, 6.07) is 3.46. The molecule has 0 amide bonds. The van der Waals surface area contributed by atoms with Gasteiger partial charge in [0.15, 0.2) is 0 Å². The molecule has 1 heterocycles. The molecule has 0 aliphatic rings. The minimum atomic E-state index is 0.469. The van der Waals surface area contributed by atoms with Gasteiger partial charge in [0.25, 0.3) is 0 Å². The van der Waals surface area contributed by atoms with Crippen LogP contribution in [-0.2, 0) is 6.54 Å². The average molecular weight is 284 g/mol. The fraction of sp³-hybridized carbons (Fsp3) is 0.333. The molecule has 0 bridgehead atoms. The summed E-state index contributed by atoms with van der Waals surface area (Å²) in [4.78, 5) is 0. The number of methoxy groups -OCH3 is 2. The highest BCUT2D eigenvalue weighted by Crippen LogP contribution is 2.36. The van der Waals surface area contributed by atoms with Gasteiger partial charge in [-0.1, -0.05) is 21.9 Å². The molecule has 0 radical (unpaired) electrons. The minimum Gasteiger partial charge on any atom is -0.495 e. The van der Waals surface area contributed by atoms with Crippen LogP contribution in [0.25, 0.3) is 0 Å². The number of hydrogen-bond donors (Lipinski definition) is 1. The molecule has 102 valence electrons. The molecule has 0 spiro atoms. The molecule has 1 aromatic heterocycles. The smallest absolute Gasteiger partial charge is 0.143 e. The Balaban J connectivity index is 2.21. The zero-order valence-corrected chi connectivity index (χ0v) is 11.6. The average Bonchev–Trinajstić information content (AvgIpc) is 2.82. The zero-order chi connectivity index (χ0) is 13.8. The summed E-state index contributed by atoms with van der Waals surface area (Å²) in [5, 5.41) is 11.2. The molecule has 2 aromatic rings. The van der Waals surface area contributed by atoms with Gasteiger partial charge in [-0.15, -0.1) is 0 Å². The van der Waals surface area contributed by atoms with Crippen LogP contribution < -0.4 is 14.8 Å². The molecule has 19 heavy (non-hydrogen) atoms. The molecular weight excluding hydrogens is 270 g/mol. The van der Waals surface area contributed by atoms with E-state index in [2.05, 4.69) is 20.3 Å². The van der Waals surface area contributed by atoms with Crippen LogP contribution in [0.3, 0.4) is 0 Å². The van der Waals surface area contributed by atoms with Crippen LogP contribution in [0.2, 0.25) is 5.02 Å². The maximum Gasteiger partial charge on any atom is 0.143 e.